The average Bonchev–Trinajstić information content (AvgIpc) is 2.95. The van der Waals surface area contributed by atoms with Crippen LogP contribution in [0.1, 0.15) is 80.9 Å². The van der Waals surface area contributed by atoms with Gasteiger partial charge >= 0.3 is 5.97 Å². The Bertz CT molecular complexity index is 1360. The van der Waals surface area contributed by atoms with Gasteiger partial charge in [0, 0.05) is 17.8 Å². The zero-order valence-electron chi connectivity index (χ0n) is 25.0. The molecule has 1 N–H and O–H groups in total. The summed E-state index contributed by atoms with van der Waals surface area (Å²) in [7, 11) is 0. The minimum Gasteiger partial charge on any atom is -0.493 e. The Balaban J connectivity index is 0.000000367. The number of fused-ring (bicyclic) bond motifs is 2. The lowest BCUT2D eigenvalue weighted by atomic mass is 9.83. The number of carbonyl (C=O) groups excluding carboxylic acids is 1. The molecule has 0 saturated carbocycles. The van der Waals surface area contributed by atoms with E-state index in [1.807, 2.05) is 45.9 Å². The lowest BCUT2D eigenvalue weighted by Gasteiger charge is -2.34. The van der Waals surface area contributed by atoms with Gasteiger partial charge in [-0.2, -0.15) is 0 Å². The van der Waals surface area contributed by atoms with Crippen LogP contribution in [0, 0.1) is 6.92 Å². The normalized spacial score (nSPS) is 15.0. The molecule has 0 spiro atoms. The number of anilines is 1. The van der Waals surface area contributed by atoms with Gasteiger partial charge in [-0.05, 0) is 111 Å². The maximum absolute atomic E-state index is 12.5. The maximum atomic E-state index is 12.5. The summed E-state index contributed by atoms with van der Waals surface area (Å²) in [6.07, 6.45) is 5.52. The predicted octanol–water partition coefficient (Wildman–Crippen LogP) is 7.48. The first-order valence-electron chi connectivity index (χ1n) is 14.7. The van der Waals surface area contributed by atoms with E-state index in [1.54, 1.807) is 4.90 Å². The topological polar surface area (TPSA) is 76.1 Å². The van der Waals surface area contributed by atoms with Crippen LogP contribution in [-0.2, 0) is 33.6 Å². The van der Waals surface area contributed by atoms with Gasteiger partial charge in [-0.1, -0.05) is 49.7 Å². The van der Waals surface area contributed by atoms with Crippen LogP contribution in [0.4, 0.5) is 5.69 Å². The van der Waals surface area contributed by atoms with E-state index in [0.717, 1.165) is 71.5 Å². The second kappa shape index (κ2) is 13.3. The highest BCUT2D eigenvalue weighted by Gasteiger charge is 2.35. The number of carboxylic acid groups (broad SMARTS) is 1. The van der Waals surface area contributed by atoms with Gasteiger partial charge in [-0.3, -0.25) is 4.79 Å². The molecule has 0 fully saturated rings. The van der Waals surface area contributed by atoms with Crippen molar-refractivity contribution in [2.45, 2.75) is 84.8 Å². The first-order chi connectivity index (χ1) is 19.6. The Kier molecular flexibility index (Phi) is 9.87. The molecule has 2 aliphatic rings. The summed E-state index contributed by atoms with van der Waals surface area (Å²) in [6.45, 7) is 11.1. The minimum atomic E-state index is -1.14. The van der Waals surface area contributed by atoms with E-state index in [4.69, 9.17) is 9.47 Å². The third-order valence-electron chi connectivity index (χ3n) is 7.45. The van der Waals surface area contributed by atoms with Gasteiger partial charge in [-0.15, -0.1) is 0 Å². The van der Waals surface area contributed by atoms with Crippen molar-refractivity contribution in [1.82, 2.24) is 0 Å². The number of benzene rings is 3. The quantitative estimate of drug-likeness (QED) is 0.305. The molecule has 5 rings (SSSR count). The molecular weight excluding hydrogens is 514 g/mol. The van der Waals surface area contributed by atoms with Crippen molar-refractivity contribution in [3.63, 3.8) is 0 Å². The molecule has 218 valence electrons. The molecule has 1 atom stereocenters. The van der Waals surface area contributed by atoms with E-state index in [9.17, 15) is 14.7 Å². The Morgan fingerprint density at radius 1 is 1.10 bits per heavy atom. The first kappa shape index (κ1) is 30.3. The summed E-state index contributed by atoms with van der Waals surface area (Å²) in [4.78, 5) is 25.9. The third-order valence-corrected chi connectivity index (χ3v) is 7.45. The summed E-state index contributed by atoms with van der Waals surface area (Å²) in [5.74, 6) is -0.136. The van der Waals surface area contributed by atoms with Crippen LogP contribution in [0.25, 0.3) is 11.1 Å². The maximum Gasteiger partial charge on any atom is 0.337 e. The number of hydrogen-bond acceptors (Lipinski definition) is 4. The molecule has 1 unspecified atom stereocenters. The zero-order chi connectivity index (χ0) is 29.6. The van der Waals surface area contributed by atoms with Gasteiger partial charge in [0.05, 0.1) is 12.2 Å². The Hall–Kier alpha value is -3.64. The zero-order valence-corrected chi connectivity index (χ0v) is 25.0. The fraction of sp³-hybridized carbons (Fsp3) is 0.429. The van der Waals surface area contributed by atoms with E-state index in [1.165, 1.54) is 18.4 Å². The molecular formula is C35H43NO5. The van der Waals surface area contributed by atoms with Crippen molar-refractivity contribution in [3.8, 4) is 16.9 Å². The standard InChI is InChI=1S/C26H31NO5.C9H12/c1-16-13-20-19(8-5-11-27(20)15-28)23(24(25(29)30)32-26(2,3)4)22(16)18-9-10-21-17(14-18)7-6-12-31-21;1-2-6-9-7-4-3-5-8-9/h9-10,13-15,24H,5-8,11-12H2,1-4H3,(H,29,30);3-5,7-8H,2,6H2,1H3. The highest BCUT2D eigenvalue weighted by atomic mass is 16.5. The fourth-order valence-corrected chi connectivity index (χ4v) is 5.75. The second-order valence-electron chi connectivity index (χ2n) is 11.8. The fourth-order valence-electron chi connectivity index (χ4n) is 5.75. The molecule has 0 bridgehead atoms. The highest BCUT2D eigenvalue weighted by Crippen LogP contribution is 2.44. The SMILES string of the molecule is CCCc1ccccc1.Cc1cc2c(c(C(OC(C)(C)C)C(=O)O)c1-c1ccc3c(c1)CCCO3)CCCN2C=O. The monoisotopic (exact) mass is 557 g/mol. The smallest absolute Gasteiger partial charge is 0.337 e. The van der Waals surface area contributed by atoms with Crippen molar-refractivity contribution in [3.05, 3.63) is 82.4 Å². The van der Waals surface area contributed by atoms with E-state index < -0.39 is 17.7 Å². The minimum absolute atomic E-state index is 0.628. The molecule has 0 saturated heterocycles. The lowest BCUT2D eigenvalue weighted by molar-refractivity contribution is -0.160. The molecule has 6 heteroatoms. The number of rotatable bonds is 7. The number of aryl methyl sites for hydroxylation is 3. The summed E-state index contributed by atoms with van der Waals surface area (Å²) in [5.41, 5.74) is 7.01. The molecule has 2 aliphatic heterocycles. The van der Waals surface area contributed by atoms with Gasteiger partial charge in [0.1, 0.15) is 5.75 Å². The van der Waals surface area contributed by atoms with Gasteiger partial charge in [0.2, 0.25) is 6.41 Å². The van der Waals surface area contributed by atoms with Crippen LogP contribution in [0.15, 0.2) is 54.6 Å². The van der Waals surface area contributed by atoms with Crippen LogP contribution in [0.2, 0.25) is 0 Å². The van der Waals surface area contributed by atoms with Crippen LogP contribution < -0.4 is 9.64 Å². The van der Waals surface area contributed by atoms with Crippen molar-refractivity contribution in [1.29, 1.82) is 0 Å². The lowest BCUT2D eigenvalue weighted by Crippen LogP contribution is -2.32. The number of hydrogen-bond donors (Lipinski definition) is 1. The third kappa shape index (κ3) is 7.36. The molecule has 0 radical (unpaired) electrons. The first-order valence-corrected chi connectivity index (χ1v) is 14.7. The summed E-state index contributed by atoms with van der Waals surface area (Å²) in [6, 6.07) is 18.7. The molecule has 0 aliphatic carbocycles. The highest BCUT2D eigenvalue weighted by molar-refractivity contribution is 5.88. The predicted molar refractivity (Wildman–Crippen MR) is 164 cm³/mol. The summed E-state index contributed by atoms with van der Waals surface area (Å²) in [5, 5.41) is 10.2. The molecule has 41 heavy (non-hydrogen) atoms. The van der Waals surface area contributed by atoms with Crippen molar-refractivity contribution < 1.29 is 24.2 Å². The molecule has 1 amide bonds. The largest absolute Gasteiger partial charge is 0.493 e. The Morgan fingerprint density at radius 2 is 1.85 bits per heavy atom. The summed E-state index contributed by atoms with van der Waals surface area (Å²) >= 11 is 0. The number of aliphatic carboxylic acids is 1. The van der Waals surface area contributed by atoms with Crippen LogP contribution in [0.5, 0.6) is 5.75 Å². The summed E-state index contributed by atoms with van der Waals surface area (Å²) < 4.78 is 11.9. The van der Waals surface area contributed by atoms with Gasteiger partial charge < -0.3 is 19.5 Å². The Labute approximate surface area is 244 Å². The van der Waals surface area contributed by atoms with Crippen LogP contribution in [0.3, 0.4) is 0 Å². The molecule has 6 nitrogen and oxygen atoms in total. The van der Waals surface area contributed by atoms with Crippen molar-refractivity contribution in [2.24, 2.45) is 0 Å². The van der Waals surface area contributed by atoms with Crippen LogP contribution in [-0.4, -0.2) is 36.2 Å². The molecule has 2 heterocycles. The van der Waals surface area contributed by atoms with Gasteiger partial charge in [0.25, 0.3) is 0 Å². The van der Waals surface area contributed by atoms with Crippen molar-refractivity contribution in [2.75, 3.05) is 18.1 Å². The van der Waals surface area contributed by atoms with Gasteiger partial charge in [-0.25, -0.2) is 4.79 Å². The van der Waals surface area contributed by atoms with Gasteiger partial charge in [0.15, 0.2) is 6.10 Å². The van der Waals surface area contributed by atoms with E-state index in [-0.39, 0.29) is 0 Å². The molecule has 3 aromatic rings. The van der Waals surface area contributed by atoms with E-state index in [2.05, 4.69) is 43.3 Å². The van der Waals surface area contributed by atoms with E-state index in [0.29, 0.717) is 18.5 Å². The number of nitrogens with zero attached hydrogens (tertiary/aromatic N) is 1. The number of carboxylic acids is 1. The average molecular weight is 558 g/mol. The van der Waals surface area contributed by atoms with Crippen molar-refractivity contribution >= 4 is 18.1 Å². The van der Waals surface area contributed by atoms with Crippen LogP contribution >= 0.6 is 0 Å². The number of ether oxygens (including phenoxy) is 2. The second-order valence-corrected chi connectivity index (χ2v) is 11.8. The Morgan fingerprint density at radius 3 is 2.51 bits per heavy atom. The van der Waals surface area contributed by atoms with E-state index >= 15 is 0 Å². The molecule has 0 aromatic heterocycles. The number of carbonyl (C=O) groups is 2. The molecule has 3 aromatic carbocycles. The number of amides is 1.